The van der Waals surface area contributed by atoms with E-state index in [1.54, 1.807) is 0 Å². The average molecular weight is 1000 g/mol. The molecule has 0 aliphatic carbocycles. The molecule has 6 atom stereocenters. The number of hydrogen-bond acceptors (Lipinski definition) is 11. The van der Waals surface area contributed by atoms with Crippen LogP contribution in [0.2, 0.25) is 0 Å². The average Bonchev–Trinajstić information content (AvgIpc) is 3.35. The molecule has 1 aliphatic rings. The van der Waals surface area contributed by atoms with Gasteiger partial charge < -0.3 is 39.0 Å². The number of unbranched alkanes of at least 4 members (excludes halogenated alkanes) is 23. The highest BCUT2D eigenvalue weighted by molar-refractivity contribution is 5.74. The number of carboxylic acids is 1. The molecule has 0 amide bonds. The maximum absolute atomic E-state index is 13.1. The number of aliphatic carboxylic acids is 1. The molecule has 12 heteroatoms. The first-order chi connectivity index (χ1) is 34.6. The molecule has 1 heterocycles. The number of allylic oxidation sites excluding steroid dienone is 10. The standard InChI is InChI=1S/C59H100O12/c1-4-7-10-13-16-19-22-25-26-29-30-33-36-39-42-45-51(60)67-48-50(69-52(61)46-43-40-37-34-31-27-23-20-17-14-11-8-5-2)49-68-59-57(55(64)54(63)56(71-59)58(65)66)70-53(62)47-44-41-38-35-32-28-24-21-18-15-12-9-6-3/h8,11,17,20-21,24,27,31,37,40,50,54-57,59,63-64H,4-7,9-10,12-16,18-19,22-23,25-26,28-30,32-36,38-39,41-49H2,1-3H3,(H,65,66)/b11-8-,20-17-,24-21-,31-27-,40-37-. The van der Waals surface area contributed by atoms with Crippen molar-refractivity contribution in [3.8, 4) is 0 Å². The topological polar surface area (TPSA) is 175 Å². The summed E-state index contributed by atoms with van der Waals surface area (Å²) >= 11 is 0. The molecule has 0 saturated carbocycles. The first-order valence-corrected chi connectivity index (χ1v) is 28.3. The summed E-state index contributed by atoms with van der Waals surface area (Å²) in [6.45, 7) is 5.79. The van der Waals surface area contributed by atoms with Gasteiger partial charge >= 0.3 is 23.9 Å². The van der Waals surface area contributed by atoms with E-state index in [4.69, 9.17) is 23.7 Å². The quantitative estimate of drug-likeness (QED) is 0.0228. The Bertz CT molecular complexity index is 1470. The Labute approximate surface area is 430 Å². The van der Waals surface area contributed by atoms with Crippen molar-refractivity contribution in [3.63, 3.8) is 0 Å². The molecule has 71 heavy (non-hydrogen) atoms. The first-order valence-electron chi connectivity index (χ1n) is 28.3. The molecule has 1 rings (SSSR count). The van der Waals surface area contributed by atoms with Gasteiger partial charge in [0.15, 0.2) is 24.6 Å². The second kappa shape index (κ2) is 47.4. The van der Waals surface area contributed by atoms with Gasteiger partial charge in [0.25, 0.3) is 0 Å². The van der Waals surface area contributed by atoms with E-state index < -0.39 is 67.3 Å². The molecule has 0 radical (unpaired) electrons. The number of esters is 3. The summed E-state index contributed by atoms with van der Waals surface area (Å²) in [4.78, 5) is 50.9. The summed E-state index contributed by atoms with van der Waals surface area (Å²) in [5.74, 6) is -3.23. The Kier molecular flexibility index (Phi) is 43.7. The highest BCUT2D eigenvalue weighted by Gasteiger charge is 2.50. The Hall–Kier alpha value is -3.58. The number of carboxylic acid groups (broad SMARTS) is 1. The van der Waals surface area contributed by atoms with Crippen molar-refractivity contribution < 1.29 is 58.2 Å². The Morgan fingerprint density at radius 1 is 0.479 bits per heavy atom. The predicted octanol–water partition coefficient (Wildman–Crippen LogP) is 14.0. The van der Waals surface area contributed by atoms with Gasteiger partial charge in [0, 0.05) is 19.3 Å². The van der Waals surface area contributed by atoms with Crippen molar-refractivity contribution in [2.75, 3.05) is 13.2 Å². The lowest BCUT2D eigenvalue weighted by atomic mass is 9.98. The normalized spacial score (nSPS) is 18.9. The van der Waals surface area contributed by atoms with E-state index in [1.807, 2.05) is 12.2 Å². The second-order valence-corrected chi connectivity index (χ2v) is 19.2. The minimum absolute atomic E-state index is 0.0419. The third kappa shape index (κ3) is 37.8. The summed E-state index contributed by atoms with van der Waals surface area (Å²) in [7, 11) is 0. The molecular formula is C59H100O12. The van der Waals surface area contributed by atoms with Crippen LogP contribution in [0.25, 0.3) is 0 Å². The van der Waals surface area contributed by atoms with Gasteiger partial charge in [-0.15, -0.1) is 0 Å². The van der Waals surface area contributed by atoms with Crippen LogP contribution in [-0.2, 0) is 42.9 Å². The fourth-order valence-electron chi connectivity index (χ4n) is 8.26. The van der Waals surface area contributed by atoms with Crippen LogP contribution >= 0.6 is 0 Å². The molecule has 1 saturated heterocycles. The number of rotatable bonds is 47. The molecule has 1 aliphatic heterocycles. The van der Waals surface area contributed by atoms with Gasteiger partial charge in [-0.2, -0.15) is 0 Å². The smallest absolute Gasteiger partial charge is 0.335 e. The van der Waals surface area contributed by atoms with Gasteiger partial charge in [0.05, 0.1) is 6.61 Å². The van der Waals surface area contributed by atoms with E-state index in [-0.39, 0.29) is 25.9 Å². The van der Waals surface area contributed by atoms with Gasteiger partial charge in [-0.05, 0) is 70.6 Å². The molecule has 0 bridgehead atoms. The van der Waals surface area contributed by atoms with Gasteiger partial charge in [-0.3, -0.25) is 14.4 Å². The van der Waals surface area contributed by atoms with Crippen LogP contribution in [0.5, 0.6) is 0 Å². The van der Waals surface area contributed by atoms with Crippen molar-refractivity contribution in [1.29, 1.82) is 0 Å². The first kappa shape index (κ1) is 65.4. The van der Waals surface area contributed by atoms with Crippen LogP contribution in [0.15, 0.2) is 60.8 Å². The van der Waals surface area contributed by atoms with Crippen LogP contribution in [0.1, 0.15) is 239 Å². The zero-order valence-electron chi connectivity index (χ0n) is 44.7. The summed E-state index contributed by atoms with van der Waals surface area (Å²) in [5.41, 5.74) is 0. The summed E-state index contributed by atoms with van der Waals surface area (Å²) in [6.07, 6.45) is 45.0. The van der Waals surface area contributed by atoms with Crippen molar-refractivity contribution in [3.05, 3.63) is 60.8 Å². The summed E-state index contributed by atoms with van der Waals surface area (Å²) in [6, 6.07) is 0. The molecule has 408 valence electrons. The number of hydrogen-bond donors (Lipinski definition) is 3. The maximum atomic E-state index is 13.1. The second-order valence-electron chi connectivity index (χ2n) is 19.2. The monoisotopic (exact) mass is 1000 g/mol. The highest BCUT2D eigenvalue weighted by Crippen LogP contribution is 2.26. The van der Waals surface area contributed by atoms with Gasteiger partial charge in [0.2, 0.25) is 0 Å². The molecule has 1 fully saturated rings. The van der Waals surface area contributed by atoms with Crippen LogP contribution in [0.4, 0.5) is 0 Å². The fourth-order valence-corrected chi connectivity index (χ4v) is 8.26. The lowest BCUT2D eigenvalue weighted by Gasteiger charge is -2.40. The maximum Gasteiger partial charge on any atom is 0.335 e. The summed E-state index contributed by atoms with van der Waals surface area (Å²) < 4.78 is 28.3. The third-order valence-electron chi connectivity index (χ3n) is 12.6. The molecule has 0 aromatic rings. The van der Waals surface area contributed by atoms with Gasteiger partial charge in [0.1, 0.15) is 18.8 Å². The fraction of sp³-hybridized carbons (Fsp3) is 0.763. The molecule has 12 nitrogen and oxygen atoms in total. The number of ether oxygens (including phenoxy) is 5. The van der Waals surface area contributed by atoms with E-state index in [0.29, 0.717) is 25.7 Å². The summed E-state index contributed by atoms with van der Waals surface area (Å²) in [5, 5.41) is 31.4. The van der Waals surface area contributed by atoms with E-state index in [2.05, 4.69) is 69.4 Å². The van der Waals surface area contributed by atoms with E-state index in [9.17, 15) is 34.5 Å². The molecular weight excluding hydrogens is 901 g/mol. The van der Waals surface area contributed by atoms with Crippen molar-refractivity contribution in [2.45, 2.75) is 276 Å². The molecule has 0 aromatic carbocycles. The van der Waals surface area contributed by atoms with Gasteiger partial charge in [-0.1, -0.05) is 210 Å². The zero-order chi connectivity index (χ0) is 51.8. The van der Waals surface area contributed by atoms with E-state index in [0.717, 1.165) is 77.0 Å². The Morgan fingerprint density at radius 3 is 1.42 bits per heavy atom. The lowest BCUT2D eigenvalue weighted by molar-refractivity contribution is -0.301. The largest absolute Gasteiger partial charge is 0.479 e. The Balaban J connectivity index is 2.74. The molecule has 0 aromatic heterocycles. The minimum Gasteiger partial charge on any atom is -0.479 e. The molecule has 6 unspecified atom stereocenters. The molecule has 3 N–H and O–H groups in total. The van der Waals surface area contributed by atoms with Gasteiger partial charge in [-0.25, -0.2) is 4.79 Å². The van der Waals surface area contributed by atoms with Crippen LogP contribution in [0.3, 0.4) is 0 Å². The van der Waals surface area contributed by atoms with Crippen LogP contribution in [0, 0.1) is 0 Å². The number of carbonyl (C=O) groups excluding carboxylic acids is 3. The SMILES string of the molecule is CC/C=C\C/C=C\C/C=C\C/C=C\CCC(=O)OC(COC(=O)CCCCCCCCCCCCCCCCC)COC1OC(C(=O)O)C(O)C(O)C1OC(=O)CCCCCCC/C=C\CCCCCC. The van der Waals surface area contributed by atoms with E-state index >= 15 is 0 Å². The van der Waals surface area contributed by atoms with Crippen LogP contribution in [-0.4, -0.2) is 89.2 Å². The minimum atomic E-state index is -1.91. The zero-order valence-corrected chi connectivity index (χ0v) is 44.7. The lowest BCUT2D eigenvalue weighted by Crippen LogP contribution is -2.61. The van der Waals surface area contributed by atoms with Crippen molar-refractivity contribution in [2.24, 2.45) is 0 Å². The molecule has 0 spiro atoms. The number of aliphatic hydroxyl groups is 2. The van der Waals surface area contributed by atoms with E-state index in [1.165, 1.54) is 96.3 Å². The van der Waals surface area contributed by atoms with Crippen LogP contribution < -0.4 is 0 Å². The number of aliphatic hydroxyl groups excluding tert-OH is 2. The highest BCUT2D eigenvalue weighted by atomic mass is 16.7. The van der Waals surface area contributed by atoms with Crippen molar-refractivity contribution >= 4 is 23.9 Å². The number of carbonyl (C=O) groups is 4. The Morgan fingerprint density at radius 2 is 0.915 bits per heavy atom. The third-order valence-corrected chi connectivity index (χ3v) is 12.6. The van der Waals surface area contributed by atoms with Crippen molar-refractivity contribution in [1.82, 2.24) is 0 Å². The predicted molar refractivity (Wildman–Crippen MR) is 285 cm³/mol.